The normalized spacial score (nSPS) is 32.5. The second kappa shape index (κ2) is 6.40. The average molecular weight is 327 g/mol. The lowest BCUT2D eigenvalue weighted by molar-refractivity contribution is -0.120. The molecule has 2 fully saturated rings. The maximum absolute atomic E-state index is 12.6. The molecular weight excluding hydrogens is 298 g/mol. The molecule has 4 nitrogen and oxygen atoms in total. The van der Waals surface area contributed by atoms with Gasteiger partial charge >= 0.3 is 0 Å². The lowest BCUT2D eigenvalue weighted by Crippen LogP contribution is -2.49. The standard InChI is InChI=1S/C20H29N3O/c1-13(18-9-14-6-7-15(18)8-14)22-20(24)12-23-11-17(21)10-16-4-2-3-5-19(16)23/h2-5,13-15,17-18H,6-12,21H2,1H3,(H,22,24). The van der Waals surface area contributed by atoms with Gasteiger partial charge in [-0.05, 0) is 62.0 Å². The van der Waals surface area contributed by atoms with E-state index in [4.69, 9.17) is 5.73 Å². The van der Waals surface area contributed by atoms with Gasteiger partial charge in [0.2, 0.25) is 5.91 Å². The van der Waals surface area contributed by atoms with Crippen molar-refractivity contribution in [3.8, 4) is 0 Å². The molecule has 1 aromatic rings. The Balaban J connectivity index is 1.38. The minimum Gasteiger partial charge on any atom is -0.360 e. The predicted molar refractivity (Wildman–Crippen MR) is 96.9 cm³/mol. The van der Waals surface area contributed by atoms with E-state index in [-0.39, 0.29) is 11.9 Å². The number of rotatable bonds is 4. The topological polar surface area (TPSA) is 58.4 Å². The van der Waals surface area contributed by atoms with Crippen molar-refractivity contribution in [3.05, 3.63) is 29.8 Å². The van der Waals surface area contributed by atoms with Gasteiger partial charge in [0.15, 0.2) is 0 Å². The van der Waals surface area contributed by atoms with Crippen LogP contribution in [0.25, 0.3) is 0 Å². The van der Waals surface area contributed by atoms with Gasteiger partial charge in [0, 0.05) is 24.3 Å². The Bertz CT molecular complexity index is 617. The molecule has 0 saturated heterocycles. The van der Waals surface area contributed by atoms with Crippen molar-refractivity contribution in [2.24, 2.45) is 23.5 Å². The van der Waals surface area contributed by atoms with Crippen molar-refractivity contribution >= 4 is 11.6 Å². The molecule has 5 atom stereocenters. The Hall–Kier alpha value is -1.55. The van der Waals surface area contributed by atoms with Crippen molar-refractivity contribution in [2.45, 2.75) is 51.1 Å². The molecule has 1 aromatic carbocycles. The zero-order valence-electron chi connectivity index (χ0n) is 14.6. The maximum atomic E-state index is 12.6. The van der Waals surface area contributed by atoms with Crippen LogP contribution < -0.4 is 16.0 Å². The summed E-state index contributed by atoms with van der Waals surface area (Å²) in [5.74, 6) is 2.58. The molecule has 4 heteroatoms. The maximum Gasteiger partial charge on any atom is 0.239 e. The number of nitrogens with zero attached hydrogens (tertiary/aromatic N) is 1. The molecular formula is C20H29N3O. The number of anilines is 1. The smallest absolute Gasteiger partial charge is 0.239 e. The molecule has 4 rings (SSSR count). The van der Waals surface area contributed by atoms with E-state index in [0.29, 0.717) is 18.5 Å². The molecule has 3 aliphatic rings. The van der Waals surface area contributed by atoms with E-state index in [1.807, 2.05) is 12.1 Å². The quantitative estimate of drug-likeness (QED) is 0.892. The summed E-state index contributed by atoms with van der Waals surface area (Å²) in [6, 6.07) is 8.72. The van der Waals surface area contributed by atoms with Crippen LogP contribution in [0.15, 0.2) is 24.3 Å². The van der Waals surface area contributed by atoms with Crippen molar-refractivity contribution in [3.63, 3.8) is 0 Å². The third-order valence-corrected chi connectivity index (χ3v) is 6.43. The molecule has 3 N–H and O–H groups in total. The lowest BCUT2D eigenvalue weighted by atomic mass is 9.84. The number of nitrogens with one attached hydrogen (secondary N) is 1. The summed E-state index contributed by atoms with van der Waals surface area (Å²) in [5, 5.41) is 3.28. The van der Waals surface area contributed by atoms with Crippen LogP contribution in [0.4, 0.5) is 5.69 Å². The third kappa shape index (κ3) is 3.04. The second-order valence-electron chi connectivity index (χ2n) is 8.17. The number of para-hydroxylation sites is 1. The van der Waals surface area contributed by atoms with Crippen molar-refractivity contribution in [1.29, 1.82) is 0 Å². The van der Waals surface area contributed by atoms with E-state index >= 15 is 0 Å². The fourth-order valence-electron chi connectivity index (χ4n) is 5.36. The van der Waals surface area contributed by atoms with Crippen LogP contribution in [-0.4, -0.2) is 31.1 Å². The lowest BCUT2D eigenvalue weighted by Gasteiger charge is -2.35. The molecule has 1 aliphatic heterocycles. The molecule has 0 spiro atoms. The van der Waals surface area contributed by atoms with Crippen LogP contribution in [0.1, 0.15) is 38.2 Å². The van der Waals surface area contributed by atoms with Gasteiger partial charge in [0.1, 0.15) is 0 Å². The second-order valence-corrected chi connectivity index (χ2v) is 8.17. The fraction of sp³-hybridized carbons (Fsp3) is 0.650. The zero-order valence-corrected chi connectivity index (χ0v) is 14.6. The molecule has 130 valence electrons. The first-order chi connectivity index (χ1) is 11.6. The number of hydrogen-bond donors (Lipinski definition) is 2. The Kier molecular flexibility index (Phi) is 4.25. The van der Waals surface area contributed by atoms with Gasteiger partial charge in [0.05, 0.1) is 6.54 Å². The van der Waals surface area contributed by atoms with Gasteiger partial charge in [-0.3, -0.25) is 4.79 Å². The van der Waals surface area contributed by atoms with Crippen molar-refractivity contribution < 1.29 is 4.79 Å². The molecule has 2 saturated carbocycles. The summed E-state index contributed by atoms with van der Waals surface area (Å²) in [5.41, 5.74) is 8.61. The Morgan fingerprint density at radius 1 is 1.33 bits per heavy atom. The van der Waals surface area contributed by atoms with Gasteiger partial charge < -0.3 is 16.0 Å². The highest BCUT2D eigenvalue weighted by Crippen LogP contribution is 2.49. The predicted octanol–water partition coefficient (Wildman–Crippen LogP) is 2.32. The highest BCUT2D eigenvalue weighted by atomic mass is 16.2. The first-order valence-electron chi connectivity index (χ1n) is 9.48. The van der Waals surface area contributed by atoms with Crippen LogP contribution in [0.3, 0.4) is 0 Å². The first-order valence-corrected chi connectivity index (χ1v) is 9.48. The largest absolute Gasteiger partial charge is 0.360 e. The molecule has 2 bridgehead atoms. The van der Waals surface area contributed by atoms with Gasteiger partial charge in [-0.25, -0.2) is 0 Å². The molecule has 24 heavy (non-hydrogen) atoms. The highest BCUT2D eigenvalue weighted by Gasteiger charge is 2.42. The summed E-state index contributed by atoms with van der Waals surface area (Å²) in [4.78, 5) is 14.8. The zero-order chi connectivity index (χ0) is 16.7. The van der Waals surface area contributed by atoms with Gasteiger partial charge in [-0.2, -0.15) is 0 Å². The minimum absolute atomic E-state index is 0.107. The average Bonchev–Trinajstić information content (AvgIpc) is 3.17. The number of hydrogen-bond acceptors (Lipinski definition) is 3. The summed E-state index contributed by atoms with van der Waals surface area (Å²) >= 11 is 0. The molecule has 0 aromatic heterocycles. The van der Waals surface area contributed by atoms with E-state index in [1.165, 1.54) is 36.9 Å². The van der Waals surface area contributed by atoms with E-state index in [9.17, 15) is 4.79 Å². The van der Waals surface area contributed by atoms with Gasteiger partial charge in [-0.15, -0.1) is 0 Å². The molecule has 1 amide bonds. The van der Waals surface area contributed by atoms with Crippen molar-refractivity contribution in [1.82, 2.24) is 5.32 Å². The monoisotopic (exact) mass is 327 g/mol. The first kappa shape index (κ1) is 15.9. The third-order valence-electron chi connectivity index (χ3n) is 6.43. The SMILES string of the molecule is CC(NC(=O)CN1CC(N)Cc2ccccc21)C1CC2CCC1C2. The number of carbonyl (C=O) groups excluding carboxylic acids is 1. The van der Waals surface area contributed by atoms with Crippen LogP contribution in [0, 0.1) is 17.8 Å². The van der Waals surface area contributed by atoms with Crippen LogP contribution in [-0.2, 0) is 11.2 Å². The number of nitrogens with two attached hydrogens (primary N) is 1. The number of amides is 1. The molecule has 2 aliphatic carbocycles. The number of fused-ring (bicyclic) bond motifs is 3. The summed E-state index contributed by atoms with van der Waals surface area (Å²) in [6.45, 7) is 3.36. The fourth-order valence-corrected chi connectivity index (χ4v) is 5.36. The number of benzene rings is 1. The molecule has 0 radical (unpaired) electrons. The Morgan fingerprint density at radius 2 is 2.17 bits per heavy atom. The number of carbonyl (C=O) groups is 1. The van der Waals surface area contributed by atoms with E-state index in [1.54, 1.807) is 0 Å². The van der Waals surface area contributed by atoms with Gasteiger partial charge in [0.25, 0.3) is 0 Å². The van der Waals surface area contributed by atoms with Crippen LogP contribution in [0.5, 0.6) is 0 Å². The van der Waals surface area contributed by atoms with E-state index < -0.39 is 0 Å². The van der Waals surface area contributed by atoms with E-state index in [0.717, 1.165) is 24.8 Å². The summed E-state index contributed by atoms with van der Waals surface area (Å²) in [7, 11) is 0. The molecule has 1 heterocycles. The minimum atomic E-state index is 0.107. The van der Waals surface area contributed by atoms with Crippen LogP contribution in [0.2, 0.25) is 0 Å². The van der Waals surface area contributed by atoms with Crippen molar-refractivity contribution in [2.75, 3.05) is 18.0 Å². The molecule has 5 unspecified atom stereocenters. The Morgan fingerprint density at radius 3 is 2.92 bits per heavy atom. The van der Waals surface area contributed by atoms with Gasteiger partial charge in [-0.1, -0.05) is 24.6 Å². The summed E-state index contributed by atoms with van der Waals surface area (Å²) in [6.07, 6.45) is 6.37. The highest BCUT2D eigenvalue weighted by molar-refractivity contribution is 5.82. The summed E-state index contributed by atoms with van der Waals surface area (Å²) < 4.78 is 0. The van der Waals surface area contributed by atoms with Crippen LogP contribution >= 0.6 is 0 Å². The van der Waals surface area contributed by atoms with E-state index in [2.05, 4.69) is 29.3 Å². The Labute approximate surface area is 144 Å².